The average molecular weight is 291 g/mol. The highest BCUT2D eigenvalue weighted by Crippen LogP contribution is 2.47. The molecule has 4 rings (SSSR count). The minimum Gasteiger partial charge on any atom is -0.391 e. The number of nitrogen functional groups attached to an aromatic ring is 3. The van der Waals surface area contributed by atoms with Crippen LogP contribution in [0.3, 0.4) is 0 Å². The van der Waals surface area contributed by atoms with E-state index >= 15 is 0 Å². The van der Waals surface area contributed by atoms with Gasteiger partial charge >= 0.3 is 0 Å². The van der Waals surface area contributed by atoms with E-state index < -0.39 is 0 Å². The van der Waals surface area contributed by atoms with Gasteiger partial charge in [0.15, 0.2) is 0 Å². The first-order valence-electron chi connectivity index (χ1n) is 5.32. The van der Waals surface area contributed by atoms with E-state index in [1.807, 2.05) is 18.2 Å². The van der Waals surface area contributed by atoms with E-state index in [4.69, 9.17) is 17.2 Å². The predicted molar refractivity (Wildman–Crippen MR) is 85.8 cm³/mol. The van der Waals surface area contributed by atoms with Gasteiger partial charge in [0.2, 0.25) is 0 Å². The number of fused-ring (bicyclic) bond motifs is 6. The van der Waals surface area contributed by atoms with Crippen LogP contribution in [0.4, 0.5) is 15.0 Å². The molecule has 0 atom stereocenters. The van der Waals surface area contributed by atoms with Crippen LogP contribution in [0.25, 0.3) is 30.3 Å². The van der Waals surface area contributed by atoms with Gasteiger partial charge in [-0.3, -0.25) is 0 Å². The van der Waals surface area contributed by atoms with Gasteiger partial charge in [0.1, 0.15) is 0 Å². The summed E-state index contributed by atoms with van der Waals surface area (Å²) in [6.45, 7) is 0. The second kappa shape index (κ2) is 3.28. The zero-order valence-corrected chi connectivity index (χ0v) is 11.6. The van der Waals surface area contributed by atoms with Gasteiger partial charge in [-0.05, 0) is 18.2 Å². The Kier molecular flexibility index (Phi) is 1.90. The van der Waals surface area contributed by atoms with E-state index in [0.717, 1.165) is 15.0 Å². The van der Waals surface area contributed by atoms with Crippen molar-refractivity contribution in [1.82, 2.24) is 0 Å². The highest BCUT2D eigenvalue weighted by Gasteiger charge is 2.15. The lowest BCUT2D eigenvalue weighted by Crippen LogP contribution is -1.73. The molecule has 4 aromatic rings. The van der Waals surface area contributed by atoms with Crippen LogP contribution >= 0.6 is 34.0 Å². The standard InChI is InChI=1S/C12H9N3S3/c13-7-1-4-10(16-7)5-2-9(15)18-12(5)6-3-8(14)17-11(4)6/h1-3H,13-15H2. The second-order valence-corrected chi connectivity index (χ2v) is 7.43. The van der Waals surface area contributed by atoms with Gasteiger partial charge in [0, 0.05) is 30.3 Å². The monoisotopic (exact) mass is 291 g/mol. The lowest BCUT2D eigenvalue weighted by molar-refractivity contribution is 2.00. The van der Waals surface area contributed by atoms with E-state index in [0.29, 0.717) is 0 Å². The van der Waals surface area contributed by atoms with Crippen LogP contribution in [-0.2, 0) is 0 Å². The van der Waals surface area contributed by atoms with Gasteiger partial charge < -0.3 is 17.2 Å². The van der Waals surface area contributed by atoms with Gasteiger partial charge in [-0.25, -0.2) is 0 Å². The largest absolute Gasteiger partial charge is 0.391 e. The van der Waals surface area contributed by atoms with Gasteiger partial charge in [0.05, 0.1) is 15.0 Å². The number of rotatable bonds is 0. The van der Waals surface area contributed by atoms with Gasteiger partial charge in [0.25, 0.3) is 0 Å². The molecule has 6 heteroatoms. The lowest BCUT2D eigenvalue weighted by Gasteiger charge is -1.96. The van der Waals surface area contributed by atoms with Crippen molar-refractivity contribution in [3.63, 3.8) is 0 Å². The first-order valence-corrected chi connectivity index (χ1v) is 7.77. The highest BCUT2D eigenvalue weighted by molar-refractivity contribution is 7.30. The molecule has 3 aromatic heterocycles. The number of hydrogen-bond donors (Lipinski definition) is 3. The molecule has 0 aliphatic rings. The number of hydrogen-bond acceptors (Lipinski definition) is 6. The molecule has 3 heterocycles. The van der Waals surface area contributed by atoms with Crippen LogP contribution in [0.5, 0.6) is 0 Å². The summed E-state index contributed by atoms with van der Waals surface area (Å²) >= 11 is 4.84. The fraction of sp³-hybridized carbons (Fsp3) is 0. The average Bonchev–Trinajstić information content (AvgIpc) is 2.93. The van der Waals surface area contributed by atoms with Crippen LogP contribution in [0.1, 0.15) is 0 Å². The summed E-state index contributed by atoms with van der Waals surface area (Å²) in [6, 6.07) is 6.10. The molecule has 0 aliphatic heterocycles. The Labute approximate surface area is 114 Å². The molecule has 6 N–H and O–H groups in total. The molecule has 0 saturated carbocycles. The fourth-order valence-corrected chi connectivity index (χ4v) is 5.39. The maximum absolute atomic E-state index is 5.95. The normalized spacial score (nSPS) is 12.0. The zero-order chi connectivity index (χ0) is 12.4. The molecule has 90 valence electrons. The second-order valence-electron chi connectivity index (χ2n) is 4.17. The summed E-state index contributed by atoms with van der Waals surface area (Å²) in [6.07, 6.45) is 0. The fourth-order valence-electron chi connectivity index (χ4n) is 2.34. The lowest BCUT2D eigenvalue weighted by atomic mass is 10.1. The maximum Gasteiger partial charge on any atom is 0.0869 e. The van der Waals surface area contributed by atoms with Crippen molar-refractivity contribution >= 4 is 79.3 Å². The SMILES string of the molecule is Nc1cc2c(s1)c1cc(N)sc1c1cc(N)sc21. The van der Waals surface area contributed by atoms with Crippen molar-refractivity contribution in [3.05, 3.63) is 18.2 Å². The Balaban J connectivity index is 2.43. The Morgan fingerprint density at radius 1 is 0.556 bits per heavy atom. The van der Waals surface area contributed by atoms with Crippen molar-refractivity contribution in [2.75, 3.05) is 17.2 Å². The Morgan fingerprint density at radius 3 is 1.11 bits per heavy atom. The molecule has 0 amide bonds. The molecule has 18 heavy (non-hydrogen) atoms. The van der Waals surface area contributed by atoms with Crippen LogP contribution in [0.2, 0.25) is 0 Å². The molecular weight excluding hydrogens is 282 g/mol. The number of nitrogens with two attached hydrogens (primary N) is 3. The minimum atomic E-state index is 0.829. The summed E-state index contributed by atoms with van der Waals surface area (Å²) in [7, 11) is 0. The first kappa shape index (κ1) is 10.4. The highest BCUT2D eigenvalue weighted by atomic mass is 32.1. The van der Waals surface area contributed by atoms with Gasteiger partial charge in [-0.2, -0.15) is 0 Å². The molecular formula is C12H9N3S3. The topological polar surface area (TPSA) is 78.1 Å². The zero-order valence-electron chi connectivity index (χ0n) is 9.19. The molecule has 1 aromatic carbocycles. The maximum atomic E-state index is 5.95. The summed E-state index contributed by atoms with van der Waals surface area (Å²) in [4.78, 5) is 0. The van der Waals surface area contributed by atoms with E-state index in [-0.39, 0.29) is 0 Å². The van der Waals surface area contributed by atoms with E-state index in [1.54, 1.807) is 34.0 Å². The smallest absolute Gasteiger partial charge is 0.0869 e. The van der Waals surface area contributed by atoms with Crippen molar-refractivity contribution in [3.8, 4) is 0 Å². The molecule has 0 unspecified atom stereocenters. The van der Waals surface area contributed by atoms with Crippen LogP contribution < -0.4 is 17.2 Å². The minimum absolute atomic E-state index is 0.829. The number of benzene rings is 1. The third-order valence-electron chi connectivity index (χ3n) is 2.99. The molecule has 0 fully saturated rings. The molecule has 3 nitrogen and oxygen atoms in total. The van der Waals surface area contributed by atoms with Crippen molar-refractivity contribution in [2.24, 2.45) is 0 Å². The van der Waals surface area contributed by atoms with Gasteiger partial charge in [-0.15, -0.1) is 34.0 Å². The summed E-state index contributed by atoms with van der Waals surface area (Å²) in [5.74, 6) is 0. The summed E-state index contributed by atoms with van der Waals surface area (Å²) in [5.41, 5.74) is 17.9. The molecule has 0 radical (unpaired) electrons. The van der Waals surface area contributed by atoms with E-state index in [9.17, 15) is 0 Å². The van der Waals surface area contributed by atoms with E-state index in [1.165, 1.54) is 30.3 Å². The third kappa shape index (κ3) is 1.22. The molecule has 0 saturated heterocycles. The molecule has 0 bridgehead atoms. The van der Waals surface area contributed by atoms with Crippen LogP contribution in [-0.4, -0.2) is 0 Å². The molecule has 0 aliphatic carbocycles. The van der Waals surface area contributed by atoms with Crippen molar-refractivity contribution in [1.29, 1.82) is 0 Å². The Morgan fingerprint density at radius 2 is 0.833 bits per heavy atom. The summed E-state index contributed by atoms with van der Waals surface area (Å²) in [5, 5.41) is 6.07. The predicted octanol–water partition coefficient (Wildman–Crippen LogP) is 4.08. The first-order chi connectivity index (χ1) is 8.63. The Bertz CT molecular complexity index is 695. The number of anilines is 3. The quantitative estimate of drug-likeness (QED) is 0.457. The Hall–Kier alpha value is -1.50. The summed E-state index contributed by atoms with van der Waals surface area (Å²) < 4.78 is 3.64. The third-order valence-corrected chi connectivity index (χ3v) is 5.98. The number of thiophene rings is 3. The molecule has 0 spiro atoms. The van der Waals surface area contributed by atoms with Crippen molar-refractivity contribution in [2.45, 2.75) is 0 Å². The van der Waals surface area contributed by atoms with Crippen LogP contribution in [0.15, 0.2) is 18.2 Å². The van der Waals surface area contributed by atoms with Gasteiger partial charge in [-0.1, -0.05) is 0 Å². The van der Waals surface area contributed by atoms with Crippen molar-refractivity contribution < 1.29 is 0 Å². The van der Waals surface area contributed by atoms with Crippen LogP contribution in [0, 0.1) is 0 Å². The van der Waals surface area contributed by atoms with E-state index in [2.05, 4.69) is 0 Å².